The van der Waals surface area contributed by atoms with E-state index in [-0.39, 0.29) is 41.2 Å². The van der Waals surface area contributed by atoms with Crippen LogP contribution in [-0.2, 0) is 35.3 Å². The second-order valence-corrected chi connectivity index (χ2v) is 3.38. The Kier molecular flexibility index (Phi) is 11.2. The minimum absolute atomic E-state index is 0. The van der Waals surface area contributed by atoms with E-state index in [1.54, 1.807) is 6.92 Å². The molecule has 1 rings (SSSR count). The number of ether oxygens (including phenoxy) is 3. The van der Waals surface area contributed by atoms with Crippen LogP contribution in [0.15, 0.2) is 0 Å². The molecule has 0 amide bonds. The molecule has 1 fully saturated rings. The molecule has 0 aromatic heterocycles. The first-order valence-electron chi connectivity index (χ1n) is 4.67. The fourth-order valence-electron chi connectivity index (χ4n) is 0.996. The van der Waals surface area contributed by atoms with Crippen molar-refractivity contribution in [2.45, 2.75) is 38.4 Å². The molecule has 1 aliphatic heterocycles. The fraction of sp³-hybridized carbons (Fsp3) is 0.800. The Balaban J connectivity index is 0. The Morgan fingerprint density at radius 1 is 1.12 bits per heavy atom. The van der Waals surface area contributed by atoms with Crippen LogP contribution < -0.4 is 0 Å². The van der Waals surface area contributed by atoms with E-state index in [1.807, 2.05) is 6.92 Å². The molecule has 1 heterocycles. The molecule has 0 aliphatic carbocycles. The molecule has 16 heavy (non-hydrogen) atoms. The average molecular weight is 404 g/mol. The third-order valence-electron chi connectivity index (χ3n) is 1.91. The van der Waals surface area contributed by atoms with Crippen LogP contribution in [0.2, 0.25) is 0 Å². The standard InChI is InChI=1S/C9H17O5.CH3.W/c1-6-3-13-7(2)14-5-9(11)8(10)4-12-6;;/h4,6-11H,3,5H2,1-2H3;1H3;/q2*-1;+2. The summed E-state index contributed by atoms with van der Waals surface area (Å²) in [5.74, 6) is 0. The van der Waals surface area contributed by atoms with Crippen LogP contribution >= 0.6 is 0 Å². The molecular weight excluding hydrogens is 384 g/mol. The molecule has 0 bridgehead atoms. The van der Waals surface area contributed by atoms with E-state index in [1.165, 1.54) is 6.61 Å². The van der Waals surface area contributed by atoms with Gasteiger partial charge in [0.2, 0.25) is 0 Å². The van der Waals surface area contributed by atoms with Gasteiger partial charge in [0.05, 0.1) is 19.3 Å². The van der Waals surface area contributed by atoms with Gasteiger partial charge in [0.1, 0.15) is 0 Å². The van der Waals surface area contributed by atoms with Gasteiger partial charge in [0, 0.05) is 6.10 Å². The summed E-state index contributed by atoms with van der Waals surface area (Å²) in [6.07, 6.45) is -2.57. The monoisotopic (exact) mass is 404 g/mol. The largest absolute Gasteiger partial charge is 2.00 e. The Bertz CT molecular complexity index is 151. The molecule has 1 saturated heterocycles. The summed E-state index contributed by atoms with van der Waals surface area (Å²) in [5.41, 5.74) is 0. The molecule has 1 aliphatic rings. The molecule has 0 aromatic carbocycles. The van der Waals surface area contributed by atoms with Crippen LogP contribution in [0.4, 0.5) is 0 Å². The number of hydrogen-bond donors (Lipinski definition) is 2. The summed E-state index contributed by atoms with van der Waals surface area (Å²) in [5, 5.41) is 18.7. The molecule has 0 saturated carbocycles. The van der Waals surface area contributed by atoms with E-state index in [4.69, 9.17) is 14.2 Å². The number of hydrogen-bond acceptors (Lipinski definition) is 5. The summed E-state index contributed by atoms with van der Waals surface area (Å²) >= 11 is 0. The topological polar surface area (TPSA) is 68.2 Å². The summed E-state index contributed by atoms with van der Waals surface area (Å²) in [6.45, 7) is 5.16. The van der Waals surface area contributed by atoms with Gasteiger partial charge in [-0.05, 0) is 20.0 Å². The van der Waals surface area contributed by atoms with Crippen LogP contribution in [-0.4, -0.2) is 48.0 Å². The van der Waals surface area contributed by atoms with Crippen LogP contribution in [0.3, 0.4) is 0 Å². The van der Waals surface area contributed by atoms with Gasteiger partial charge in [0.15, 0.2) is 6.29 Å². The van der Waals surface area contributed by atoms with E-state index >= 15 is 0 Å². The quantitative estimate of drug-likeness (QED) is 0.562. The van der Waals surface area contributed by atoms with Gasteiger partial charge in [-0.15, -0.1) is 0 Å². The van der Waals surface area contributed by atoms with Gasteiger partial charge in [-0.3, -0.25) is 0 Å². The van der Waals surface area contributed by atoms with Crippen molar-refractivity contribution in [3.8, 4) is 0 Å². The van der Waals surface area contributed by atoms with Gasteiger partial charge < -0.3 is 31.9 Å². The van der Waals surface area contributed by atoms with Gasteiger partial charge in [-0.1, -0.05) is 0 Å². The van der Waals surface area contributed by atoms with E-state index in [2.05, 4.69) is 0 Å². The Morgan fingerprint density at radius 2 is 1.69 bits per heavy atom. The van der Waals surface area contributed by atoms with E-state index in [0.717, 1.165) is 0 Å². The van der Waals surface area contributed by atoms with E-state index in [0.29, 0.717) is 6.61 Å². The van der Waals surface area contributed by atoms with Crippen molar-refractivity contribution in [2.24, 2.45) is 0 Å². The van der Waals surface area contributed by atoms with Crippen molar-refractivity contribution < 1.29 is 45.5 Å². The SMILES string of the molecule is CC1COC(C)OCC(O)C(O)[CH-]O1.[CH3-].[W+2]. The Labute approximate surface area is 111 Å². The maximum absolute atomic E-state index is 9.36. The smallest absolute Gasteiger partial charge is 0.546 e. The number of rotatable bonds is 0. The van der Waals surface area contributed by atoms with Gasteiger partial charge in [-0.25, -0.2) is 0 Å². The molecule has 0 spiro atoms. The van der Waals surface area contributed by atoms with Crippen molar-refractivity contribution in [1.82, 2.24) is 0 Å². The summed E-state index contributed by atoms with van der Waals surface area (Å²) < 4.78 is 15.5. The summed E-state index contributed by atoms with van der Waals surface area (Å²) in [6, 6.07) is 0. The van der Waals surface area contributed by atoms with E-state index in [9.17, 15) is 10.2 Å². The normalized spacial score (nSPS) is 36.8. The molecule has 5 nitrogen and oxygen atoms in total. The van der Waals surface area contributed by atoms with E-state index < -0.39 is 18.5 Å². The van der Waals surface area contributed by atoms with Crippen molar-refractivity contribution >= 4 is 0 Å². The first-order chi connectivity index (χ1) is 6.59. The zero-order valence-electron chi connectivity index (χ0n) is 9.83. The molecule has 2 N–H and O–H groups in total. The molecule has 96 valence electrons. The molecule has 0 radical (unpaired) electrons. The third kappa shape index (κ3) is 6.94. The second kappa shape index (κ2) is 9.51. The number of aliphatic hydroxyl groups excluding tert-OH is 2. The molecule has 4 atom stereocenters. The minimum Gasteiger partial charge on any atom is -0.546 e. The van der Waals surface area contributed by atoms with Crippen LogP contribution in [0, 0.1) is 14.0 Å². The maximum atomic E-state index is 9.36. The van der Waals surface area contributed by atoms with Crippen LogP contribution in [0.5, 0.6) is 0 Å². The van der Waals surface area contributed by atoms with Crippen molar-refractivity contribution in [1.29, 1.82) is 0 Å². The zero-order valence-corrected chi connectivity index (χ0v) is 12.8. The Morgan fingerprint density at radius 3 is 2.31 bits per heavy atom. The van der Waals surface area contributed by atoms with Crippen molar-refractivity contribution in [2.75, 3.05) is 13.2 Å². The average Bonchev–Trinajstić information content (AvgIpc) is 2.18. The van der Waals surface area contributed by atoms with Crippen molar-refractivity contribution in [3.05, 3.63) is 14.0 Å². The van der Waals surface area contributed by atoms with Crippen LogP contribution in [0.1, 0.15) is 13.8 Å². The zero-order chi connectivity index (χ0) is 10.6. The number of aliphatic hydroxyl groups is 2. The summed E-state index contributed by atoms with van der Waals surface area (Å²) in [7, 11) is 0. The summed E-state index contributed by atoms with van der Waals surface area (Å²) in [4.78, 5) is 0. The molecule has 6 heteroatoms. The first-order valence-corrected chi connectivity index (χ1v) is 4.67. The molecular formula is C10H20O5W. The maximum Gasteiger partial charge on any atom is 2.00 e. The van der Waals surface area contributed by atoms with Gasteiger partial charge in [0.25, 0.3) is 0 Å². The second-order valence-electron chi connectivity index (χ2n) is 3.38. The predicted octanol–water partition coefficient (Wildman–Crippen LogP) is 0.116. The molecule has 0 aromatic rings. The Hall–Kier alpha value is 0.488. The van der Waals surface area contributed by atoms with Gasteiger partial charge in [-0.2, -0.15) is 6.61 Å². The fourth-order valence-corrected chi connectivity index (χ4v) is 0.996. The van der Waals surface area contributed by atoms with Gasteiger partial charge >= 0.3 is 21.1 Å². The molecule has 4 unspecified atom stereocenters. The first kappa shape index (κ1) is 18.8. The van der Waals surface area contributed by atoms with Crippen LogP contribution in [0.25, 0.3) is 0 Å². The predicted molar refractivity (Wildman–Crippen MR) is 54.6 cm³/mol. The third-order valence-corrected chi connectivity index (χ3v) is 1.91. The minimum atomic E-state index is -1.03. The van der Waals surface area contributed by atoms with Crippen molar-refractivity contribution in [3.63, 3.8) is 0 Å².